The fraction of sp³-hybridized carbons (Fsp3) is 0.316. The number of rotatable bonds is 4. The Balaban J connectivity index is 1.88. The molecule has 1 saturated heterocycles. The summed E-state index contributed by atoms with van der Waals surface area (Å²) in [7, 11) is -4.47. The van der Waals surface area contributed by atoms with Gasteiger partial charge >= 0.3 is 0 Å². The van der Waals surface area contributed by atoms with Crippen molar-refractivity contribution in [1.29, 1.82) is 0 Å². The van der Waals surface area contributed by atoms with E-state index in [1.54, 1.807) is 0 Å². The standard InChI is InChI=1S/C19H18F4N2O4S/c20-13-6-4-12(9-16(13)23)24-19(27)11-3-5-15(22)18(8-11)30(28,29)25-7-1-2-14(21)17(26)10-25/h3-6,8-9,14,17,26H,1-2,7,10H2,(H,24,27). The first-order chi connectivity index (χ1) is 14.1. The summed E-state index contributed by atoms with van der Waals surface area (Å²) in [5.41, 5.74) is -0.337. The summed E-state index contributed by atoms with van der Waals surface area (Å²) in [6, 6.07) is 5.24. The molecule has 2 aromatic carbocycles. The second-order valence-corrected chi connectivity index (χ2v) is 8.72. The number of carbonyl (C=O) groups excluding carboxylic acids is 1. The van der Waals surface area contributed by atoms with Gasteiger partial charge in [0.05, 0.1) is 6.10 Å². The van der Waals surface area contributed by atoms with Crippen LogP contribution in [-0.2, 0) is 10.0 Å². The summed E-state index contributed by atoms with van der Waals surface area (Å²) in [5.74, 6) is -4.31. The van der Waals surface area contributed by atoms with Crippen LogP contribution in [0.4, 0.5) is 23.2 Å². The Bertz CT molecular complexity index is 1060. The number of carbonyl (C=O) groups is 1. The van der Waals surface area contributed by atoms with E-state index < -0.39 is 57.1 Å². The average molecular weight is 446 g/mol. The number of hydrogen-bond acceptors (Lipinski definition) is 4. The number of β-amino-alcohol motifs (C(OH)–C–C–N with tert-alkyl or cyclic N) is 1. The number of alkyl halides is 1. The zero-order valence-electron chi connectivity index (χ0n) is 15.5. The number of halogens is 4. The van der Waals surface area contributed by atoms with Gasteiger partial charge in [-0.3, -0.25) is 4.79 Å². The van der Waals surface area contributed by atoms with Crippen LogP contribution in [0.5, 0.6) is 0 Å². The molecule has 3 rings (SSSR count). The molecule has 1 aliphatic rings. The van der Waals surface area contributed by atoms with Crippen LogP contribution in [0.2, 0.25) is 0 Å². The van der Waals surface area contributed by atoms with Crippen LogP contribution >= 0.6 is 0 Å². The topological polar surface area (TPSA) is 86.7 Å². The summed E-state index contributed by atoms with van der Waals surface area (Å²) in [6.07, 6.45) is -3.05. The molecule has 0 aliphatic carbocycles. The molecule has 0 bridgehead atoms. The minimum atomic E-state index is -4.47. The normalized spacial score (nSPS) is 20.6. The van der Waals surface area contributed by atoms with Gasteiger partial charge in [-0.1, -0.05) is 0 Å². The molecule has 2 N–H and O–H groups in total. The van der Waals surface area contributed by atoms with E-state index >= 15 is 0 Å². The SMILES string of the molecule is O=C(Nc1ccc(F)c(F)c1)c1ccc(F)c(S(=O)(=O)N2CCCC(F)C(O)C2)c1. The van der Waals surface area contributed by atoms with Gasteiger partial charge in [-0.2, -0.15) is 4.31 Å². The number of nitrogens with zero attached hydrogens (tertiary/aromatic N) is 1. The van der Waals surface area contributed by atoms with Crippen LogP contribution in [-0.4, -0.2) is 49.1 Å². The van der Waals surface area contributed by atoms with Gasteiger partial charge < -0.3 is 10.4 Å². The number of aliphatic hydroxyl groups excluding tert-OH is 1. The van der Waals surface area contributed by atoms with Crippen LogP contribution in [0.25, 0.3) is 0 Å². The number of sulfonamides is 1. The van der Waals surface area contributed by atoms with Gasteiger partial charge in [0.25, 0.3) is 5.91 Å². The van der Waals surface area contributed by atoms with E-state index in [2.05, 4.69) is 5.32 Å². The van der Waals surface area contributed by atoms with Crippen molar-refractivity contribution in [3.05, 3.63) is 59.4 Å². The first kappa shape index (κ1) is 22.2. The predicted molar refractivity (Wildman–Crippen MR) is 99.6 cm³/mol. The third-order valence-electron chi connectivity index (χ3n) is 4.68. The van der Waals surface area contributed by atoms with Crippen LogP contribution in [0, 0.1) is 17.5 Å². The van der Waals surface area contributed by atoms with E-state index in [0.717, 1.165) is 40.7 Å². The highest BCUT2D eigenvalue weighted by molar-refractivity contribution is 7.89. The number of aliphatic hydroxyl groups is 1. The summed E-state index contributed by atoms with van der Waals surface area (Å²) >= 11 is 0. The van der Waals surface area contributed by atoms with Crippen molar-refractivity contribution >= 4 is 21.6 Å². The largest absolute Gasteiger partial charge is 0.389 e. The van der Waals surface area contributed by atoms with Gasteiger partial charge in [-0.25, -0.2) is 26.0 Å². The molecule has 11 heteroatoms. The van der Waals surface area contributed by atoms with Gasteiger partial charge in [0.1, 0.15) is 16.9 Å². The number of nitrogens with one attached hydrogen (secondary N) is 1. The molecule has 0 saturated carbocycles. The van der Waals surface area contributed by atoms with Crippen molar-refractivity contribution in [3.8, 4) is 0 Å². The van der Waals surface area contributed by atoms with Crippen molar-refractivity contribution in [3.63, 3.8) is 0 Å². The average Bonchev–Trinajstić information content (AvgIpc) is 2.86. The van der Waals surface area contributed by atoms with E-state index in [4.69, 9.17) is 0 Å². The lowest BCUT2D eigenvalue weighted by Crippen LogP contribution is -2.39. The van der Waals surface area contributed by atoms with Gasteiger partial charge in [0.2, 0.25) is 10.0 Å². The minimum absolute atomic E-state index is 0.0354. The second kappa shape index (κ2) is 8.70. The maximum atomic E-state index is 14.3. The van der Waals surface area contributed by atoms with Gasteiger partial charge in [-0.05, 0) is 43.2 Å². The van der Waals surface area contributed by atoms with Crippen molar-refractivity contribution < 1.29 is 35.9 Å². The fourth-order valence-electron chi connectivity index (χ4n) is 3.05. The first-order valence-corrected chi connectivity index (χ1v) is 10.4. The summed E-state index contributed by atoms with van der Waals surface area (Å²) in [5, 5.41) is 12.0. The highest BCUT2D eigenvalue weighted by Gasteiger charge is 2.34. The molecule has 1 amide bonds. The number of hydrogen-bond donors (Lipinski definition) is 2. The number of amides is 1. The molecule has 2 aromatic rings. The fourth-order valence-corrected chi connectivity index (χ4v) is 4.63. The lowest BCUT2D eigenvalue weighted by molar-refractivity contribution is 0.0710. The minimum Gasteiger partial charge on any atom is -0.389 e. The molecule has 2 unspecified atom stereocenters. The molecule has 0 aromatic heterocycles. The zero-order valence-corrected chi connectivity index (χ0v) is 16.3. The van der Waals surface area contributed by atoms with E-state index in [1.165, 1.54) is 0 Å². The third kappa shape index (κ3) is 4.63. The molecular formula is C19H18F4N2O4S. The lowest BCUT2D eigenvalue weighted by atomic mass is 10.1. The Morgan fingerprint density at radius 3 is 2.47 bits per heavy atom. The Morgan fingerprint density at radius 1 is 1.07 bits per heavy atom. The highest BCUT2D eigenvalue weighted by atomic mass is 32.2. The third-order valence-corrected chi connectivity index (χ3v) is 6.56. The molecule has 2 atom stereocenters. The molecule has 0 spiro atoms. The van der Waals surface area contributed by atoms with E-state index in [-0.39, 0.29) is 30.6 Å². The molecule has 0 radical (unpaired) electrons. The summed E-state index contributed by atoms with van der Waals surface area (Å²) in [4.78, 5) is 11.6. The van der Waals surface area contributed by atoms with Gasteiger partial charge in [-0.15, -0.1) is 0 Å². The van der Waals surface area contributed by atoms with E-state index in [9.17, 15) is 35.9 Å². The van der Waals surface area contributed by atoms with Crippen molar-refractivity contribution in [2.24, 2.45) is 0 Å². The van der Waals surface area contributed by atoms with E-state index in [0.29, 0.717) is 0 Å². The monoisotopic (exact) mass is 446 g/mol. The highest BCUT2D eigenvalue weighted by Crippen LogP contribution is 2.25. The molecular weight excluding hydrogens is 428 g/mol. The van der Waals surface area contributed by atoms with Crippen molar-refractivity contribution in [1.82, 2.24) is 4.31 Å². The number of benzene rings is 2. The molecule has 162 valence electrons. The van der Waals surface area contributed by atoms with Crippen molar-refractivity contribution in [2.75, 3.05) is 18.4 Å². The predicted octanol–water partition coefficient (Wildman–Crippen LogP) is 2.84. The van der Waals surface area contributed by atoms with Crippen LogP contribution in [0.1, 0.15) is 23.2 Å². The van der Waals surface area contributed by atoms with Crippen LogP contribution in [0.3, 0.4) is 0 Å². The Labute approximate surface area is 170 Å². The molecule has 1 heterocycles. The second-order valence-electron chi connectivity index (χ2n) is 6.82. The molecule has 1 fully saturated rings. The van der Waals surface area contributed by atoms with Crippen LogP contribution in [0.15, 0.2) is 41.3 Å². The van der Waals surface area contributed by atoms with Gasteiger partial charge in [0, 0.05) is 30.4 Å². The quantitative estimate of drug-likeness (QED) is 0.708. The zero-order chi connectivity index (χ0) is 22.1. The molecule has 6 nitrogen and oxygen atoms in total. The van der Waals surface area contributed by atoms with E-state index in [1.807, 2.05) is 0 Å². The molecule has 30 heavy (non-hydrogen) atoms. The van der Waals surface area contributed by atoms with Crippen molar-refractivity contribution in [2.45, 2.75) is 30.0 Å². The Hall–Kier alpha value is -2.50. The summed E-state index contributed by atoms with van der Waals surface area (Å²) < 4.78 is 80.8. The summed E-state index contributed by atoms with van der Waals surface area (Å²) in [6.45, 7) is -0.668. The maximum Gasteiger partial charge on any atom is 0.255 e. The van der Waals surface area contributed by atoms with Gasteiger partial charge in [0.15, 0.2) is 11.6 Å². The number of anilines is 1. The van der Waals surface area contributed by atoms with Crippen LogP contribution < -0.4 is 5.32 Å². The lowest BCUT2D eigenvalue weighted by Gasteiger charge is -2.22. The molecule has 1 aliphatic heterocycles. The Kier molecular flexibility index (Phi) is 6.44. The maximum absolute atomic E-state index is 14.3. The first-order valence-electron chi connectivity index (χ1n) is 8.98. The Morgan fingerprint density at radius 2 is 1.77 bits per heavy atom. The smallest absolute Gasteiger partial charge is 0.255 e.